The molecule has 0 saturated carbocycles. The second kappa shape index (κ2) is 6.88. The quantitative estimate of drug-likeness (QED) is 0.727. The molecule has 6 heteroatoms. The summed E-state index contributed by atoms with van der Waals surface area (Å²) in [6.07, 6.45) is 0.0578. The molecule has 1 aliphatic heterocycles. The molecular formula is C20H23N5O. The normalized spacial score (nSPS) is 17.5. The van der Waals surface area contributed by atoms with E-state index in [4.69, 9.17) is 4.74 Å². The summed E-state index contributed by atoms with van der Waals surface area (Å²) < 4.78 is 7.83. The second-order valence-electron chi connectivity index (χ2n) is 6.75. The predicted octanol–water partition coefficient (Wildman–Crippen LogP) is 3.17. The lowest BCUT2D eigenvalue weighted by molar-refractivity contribution is 0.0391. The molecule has 4 rings (SSSR count). The smallest absolute Gasteiger partial charge is 0.176 e. The molecule has 2 aromatic heterocycles. The highest BCUT2D eigenvalue weighted by Crippen LogP contribution is 2.27. The molecular weight excluding hydrogens is 326 g/mol. The number of hydrogen-bond acceptors (Lipinski definition) is 5. The Bertz CT molecular complexity index is 903. The van der Waals surface area contributed by atoms with Gasteiger partial charge < -0.3 is 9.64 Å². The van der Waals surface area contributed by atoms with Gasteiger partial charge >= 0.3 is 0 Å². The lowest BCUT2D eigenvalue weighted by Crippen LogP contribution is -2.39. The molecule has 134 valence electrons. The van der Waals surface area contributed by atoms with Crippen LogP contribution < -0.4 is 4.90 Å². The highest BCUT2D eigenvalue weighted by atomic mass is 16.5. The van der Waals surface area contributed by atoms with E-state index in [0.717, 1.165) is 36.1 Å². The van der Waals surface area contributed by atoms with Gasteiger partial charge in [0, 0.05) is 18.8 Å². The van der Waals surface area contributed by atoms with Crippen molar-refractivity contribution in [1.29, 1.82) is 0 Å². The molecule has 0 spiro atoms. The number of aryl methyl sites for hydroxylation is 3. The number of nitrogens with zero attached hydrogens (tertiary/aromatic N) is 5. The van der Waals surface area contributed by atoms with Gasteiger partial charge in [0.15, 0.2) is 11.6 Å². The first-order valence-corrected chi connectivity index (χ1v) is 8.91. The number of rotatable bonds is 3. The van der Waals surface area contributed by atoms with Crippen molar-refractivity contribution in [1.82, 2.24) is 20.0 Å². The van der Waals surface area contributed by atoms with Crippen molar-refractivity contribution in [3.05, 3.63) is 65.0 Å². The number of aromatic nitrogens is 4. The summed E-state index contributed by atoms with van der Waals surface area (Å²) in [4.78, 5) is 2.23. The average molecular weight is 349 g/mol. The van der Waals surface area contributed by atoms with E-state index in [1.54, 1.807) is 0 Å². The molecule has 1 fully saturated rings. The van der Waals surface area contributed by atoms with Crippen LogP contribution in [0.25, 0.3) is 5.82 Å². The molecule has 1 aromatic carbocycles. The topological polar surface area (TPSA) is 56.1 Å². The Labute approximate surface area is 153 Å². The maximum Gasteiger partial charge on any atom is 0.176 e. The Kier molecular flexibility index (Phi) is 4.42. The maximum absolute atomic E-state index is 6.00. The third-order valence-electron chi connectivity index (χ3n) is 4.79. The van der Waals surface area contributed by atoms with Crippen molar-refractivity contribution in [2.75, 3.05) is 24.6 Å². The molecule has 0 aliphatic carbocycles. The Hall–Kier alpha value is -2.73. The van der Waals surface area contributed by atoms with Crippen LogP contribution in [0.1, 0.15) is 28.6 Å². The highest BCUT2D eigenvalue weighted by Gasteiger charge is 2.24. The van der Waals surface area contributed by atoms with Gasteiger partial charge in [0.05, 0.1) is 12.3 Å². The van der Waals surface area contributed by atoms with Crippen molar-refractivity contribution in [3.63, 3.8) is 0 Å². The Morgan fingerprint density at radius 3 is 2.46 bits per heavy atom. The van der Waals surface area contributed by atoms with E-state index in [0.29, 0.717) is 6.61 Å². The number of morpholine rings is 1. The minimum absolute atomic E-state index is 0.0578. The monoisotopic (exact) mass is 349 g/mol. The largest absolute Gasteiger partial charge is 0.370 e. The fraction of sp³-hybridized carbons (Fsp3) is 0.350. The second-order valence-corrected chi connectivity index (χ2v) is 6.75. The average Bonchev–Trinajstić information content (AvgIpc) is 3.00. The zero-order chi connectivity index (χ0) is 18.1. The van der Waals surface area contributed by atoms with Crippen LogP contribution in [0.2, 0.25) is 0 Å². The third kappa shape index (κ3) is 3.20. The van der Waals surface area contributed by atoms with E-state index >= 15 is 0 Å². The van der Waals surface area contributed by atoms with Crippen LogP contribution in [0.4, 0.5) is 5.82 Å². The molecule has 26 heavy (non-hydrogen) atoms. The molecule has 1 unspecified atom stereocenters. The third-order valence-corrected chi connectivity index (χ3v) is 4.79. The van der Waals surface area contributed by atoms with Gasteiger partial charge in [0.25, 0.3) is 0 Å². The van der Waals surface area contributed by atoms with Crippen LogP contribution in [-0.2, 0) is 4.74 Å². The van der Waals surface area contributed by atoms with Crippen LogP contribution in [0.3, 0.4) is 0 Å². The van der Waals surface area contributed by atoms with Gasteiger partial charge in [0.2, 0.25) is 0 Å². The fourth-order valence-electron chi connectivity index (χ4n) is 3.45. The molecule has 3 aromatic rings. The molecule has 0 N–H and O–H groups in total. The summed E-state index contributed by atoms with van der Waals surface area (Å²) in [5.41, 5.74) is 4.52. The molecule has 0 bridgehead atoms. The summed E-state index contributed by atoms with van der Waals surface area (Å²) in [7, 11) is 0. The van der Waals surface area contributed by atoms with Crippen molar-refractivity contribution < 1.29 is 4.74 Å². The minimum atomic E-state index is 0.0578. The molecule has 3 heterocycles. The van der Waals surface area contributed by atoms with E-state index in [2.05, 4.69) is 51.4 Å². The van der Waals surface area contributed by atoms with Crippen LogP contribution >= 0.6 is 0 Å². The highest BCUT2D eigenvalue weighted by molar-refractivity contribution is 5.42. The lowest BCUT2D eigenvalue weighted by Gasteiger charge is -2.34. The SMILES string of the molecule is Cc1cc(C)n(-c2ccc(N3CCOC(c4ccccc4C)C3)nn2)n1. The molecule has 1 atom stereocenters. The minimum Gasteiger partial charge on any atom is -0.370 e. The van der Waals surface area contributed by atoms with E-state index in [1.165, 1.54) is 11.1 Å². The first kappa shape index (κ1) is 16.7. The van der Waals surface area contributed by atoms with Gasteiger partial charge in [-0.3, -0.25) is 0 Å². The van der Waals surface area contributed by atoms with Gasteiger partial charge in [-0.05, 0) is 50.1 Å². The van der Waals surface area contributed by atoms with Gasteiger partial charge in [-0.15, -0.1) is 10.2 Å². The summed E-state index contributed by atoms with van der Waals surface area (Å²) in [5, 5.41) is 13.3. The number of ether oxygens (including phenoxy) is 1. The Balaban J connectivity index is 1.54. The molecule has 1 saturated heterocycles. The van der Waals surface area contributed by atoms with Crippen LogP contribution in [-0.4, -0.2) is 39.7 Å². The van der Waals surface area contributed by atoms with E-state index in [-0.39, 0.29) is 6.10 Å². The zero-order valence-electron chi connectivity index (χ0n) is 15.4. The standard InChI is InChI=1S/C20H23N5O/c1-14-6-4-5-7-17(14)18-13-24(10-11-26-18)19-8-9-20(22-21-19)25-16(3)12-15(2)23-25/h4-9,12,18H,10-11,13H2,1-3H3. The van der Waals surface area contributed by atoms with Crippen molar-refractivity contribution in [2.45, 2.75) is 26.9 Å². The first-order chi connectivity index (χ1) is 12.6. The van der Waals surface area contributed by atoms with Gasteiger partial charge in [-0.1, -0.05) is 24.3 Å². The van der Waals surface area contributed by atoms with Crippen LogP contribution in [0.5, 0.6) is 0 Å². The molecule has 0 amide bonds. The summed E-state index contributed by atoms with van der Waals surface area (Å²) in [6, 6.07) is 14.4. The Morgan fingerprint density at radius 2 is 1.77 bits per heavy atom. The number of anilines is 1. The van der Waals surface area contributed by atoms with Crippen molar-refractivity contribution >= 4 is 5.82 Å². The predicted molar refractivity (Wildman–Crippen MR) is 101 cm³/mol. The fourth-order valence-corrected chi connectivity index (χ4v) is 3.45. The summed E-state index contributed by atoms with van der Waals surface area (Å²) in [6.45, 7) is 8.39. The van der Waals surface area contributed by atoms with Crippen molar-refractivity contribution in [2.24, 2.45) is 0 Å². The van der Waals surface area contributed by atoms with E-state index in [9.17, 15) is 0 Å². The summed E-state index contributed by atoms with van der Waals surface area (Å²) >= 11 is 0. The maximum atomic E-state index is 6.00. The Morgan fingerprint density at radius 1 is 1.00 bits per heavy atom. The number of hydrogen-bond donors (Lipinski definition) is 0. The summed E-state index contributed by atoms with van der Waals surface area (Å²) in [5.74, 6) is 1.61. The van der Waals surface area contributed by atoms with E-state index in [1.807, 2.05) is 36.7 Å². The molecule has 1 aliphatic rings. The van der Waals surface area contributed by atoms with Gasteiger partial charge in [-0.2, -0.15) is 5.10 Å². The van der Waals surface area contributed by atoms with E-state index < -0.39 is 0 Å². The first-order valence-electron chi connectivity index (χ1n) is 8.91. The van der Waals surface area contributed by atoms with Gasteiger partial charge in [-0.25, -0.2) is 4.68 Å². The molecule has 0 radical (unpaired) electrons. The van der Waals surface area contributed by atoms with Crippen LogP contribution in [0.15, 0.2) is 42.5 Å². The lowest BCUT2D eigenvalue weighted by atomic mass is 10.0. The van der Waals surface area contributed by atoms with Crippen molar-refractivity contribution in [3.8, 4) is 5.82 Å². The van der Waals surface area contributed by atoms with Crippen LogP contribution in [0, 0.1) is 20.8 Å². The van der Waals surface area contributed by atoms with Gasteiger partial charge in [0.1, 0.15) is 6.10 Å². The zero-order valence-corrected chi connectivity index (χ0v) is 15.4. The number of benzene rings is 1. The molecule has 6 nitrogen and oxygen atoms in total.